The van der Waals surface area contributed by atoms with Crippen molar-refractivity contribution in [3.8, 4) is 0 Å². The summed E-state index contributed by atoms with van der Waals surface area (Å²) < 4.78 is 18.2. The summed E-state index contributed by atoms with van der Waals surface area (Å²) in [4.78, 5) is 140. The van der Waals surface area contributed by atoms with Gasteiger partial charge in [-0.05, 0) is 90.9 Å². The van der Waals surface area contributed by atoms with Crippen LogP contribution in [-0.2, 0) is 71.8 Å². The van der Waals surface area contributed by atoms with Crippen molar-refractivity contribution in [1.82, 2.24) is 30.2 Å². The second-order valence-electron chi connectivity index (χ2n) is 15.2. The molecule has 77 heavy (non-hydrogen) atoms. The Morgan fingerprint density at radius 2 is 0.974 bits per heavy atom. The quantitative estimate of drug-likeness (QED) is 0.0319. The van der Waals surface area contributed by atoms with Crippen LogP contribution in [0.4, 0.5) is 0 Å². The number of carbonyl (C=O) groups excluding carboxylic acids is 5. The molecule has 0 saturated carbocycles. The van der Waals surface area contributed by atoms with E-state index >= 15 is 0 Å². The average molecular weight is 1140 g/mol. The summed E-state index contributed by atoms with van der Waals surface area (Å²) in [5.74, 6) is -2.95. The number of carbonyl (C=O) groups is 7. The van der Waals surface area contributed by atoms with Crippen LogP contribution in [0.25, 0.3) is 6.08 Å². The smallest absolute Gasteiger partial charge is 0.330 e. The van der Waals surface area contributed by atoms with Crippen molar-refractivity contribution >= 4 is 63.7 Å². The highest BCUT2D eigenvalue weighted by Crippen LogP contribution is 2.12. The van der Waals surface area contributed by atoms with Crippen LogP contribution in [0.2, 0.25) is 0 Å². The summed E-state index contributed by atoms with van der Waals surface area (Å²) in [6.07, 6.45) is 9.05. The maximum Gasteiger partial charge on any atom is 0.330 e. The minimum Gasteiger partial charge on any atom is -0.481 e. The Kier molecular flexibility index (Phi) is 36.5. The van der Waals surface area contributed by atoms with Crippen LogP contribution < -0.4 is 33.1 Å². The molecule has 1 saturated heterocycles. The lowest BCUT2D eigenvalue weighted by atomic mass is 10.0. The number of piperidine rings is 1. The number of aryl methyl sites for hydroxylation is 3. The van der Waals surface area contributed by atoms with Crippen LogP contribution in [0.5, 0.6) is 0 Å². The lowest BCUT2D eigenvalue weighted by molar-refractivity contribution is -0.141. The lowest BCUT2D eigenvalue weighted by Gasteiger charge is -2.22. The normalized spacial score (nSPS) is 11.6. The Bertz CT molecular complexity index is 2890. The number of hydrogen-bond donors (Lipinski definition) is 8. The first-order valence-electron chi connectivity index (χ1n) is 23.0. The van der Waals surface area contributed by atoms with Crippen LogP contribution in [0, 0.1) is 0 Å². The minimum absolute atomic E-state index is 0.0416. The number of aliphatic carboxylic acids is 2. The van der Waals surface area contributed by atoms with Gasteiger partial charge in [-0.15, -0.1) is 0 Å². The second kappa shape index (κ2) is 41.4. The summed E-state index contributed by atoms with van der Waals surface area (Å²) in [6, 6.07) is 24.0. The van der Waals surface area contributed by atoms with E-state index in [0.29, 0.717) is 60.2 Å². The third-order valence-electron chi connectivity index (χ3n) is 9.27. The van der Waals surface area contributed by atoms with E-state index in [1.54, 1.807) is 60.7 Å². The molecule has 0 bridgehead atoms. The molecule has 5 aromatic heterocycles. The van der Waals surface area contributed by atoms with Crippen LogP contribution in [-0.4, -0.2) is 111 Å². The zero-order valence-electron chi connectivity index (χ0n) is 42.8. The molecule has 1 fully saturated rings. The molecule has 0 spiro atoms. The summed E-state index contributed by atoms with van der Waals surface area (Å²) in [6.45, 7) is 3.16. The number of H-pyrrole nitrogens is 5. The molecule has 416 valence electrons. The third-order valence-corrected chi connectivity index (χ3v) is 9.73. The molecule has 0 aromatic carbocycles. The van der Waals surface area contributed by atoms with E-state index in [-0.39, 0.29) is 70.9 Å². The topological polar surface area (TPSA) is 373 Å². The highest BCUT2D eigenvalue weighted by atomic mass is 79.9. The van der Waals surface area contributed by atoms with E-state index in [4.69, 9.17) is 10.2 Å². The van der Waals surface area contributed by atoms with Gasteiger partial charge in [0.25, 0.3) is 0 Å². The molecule has 1 unspecified atom stereocenters. The predicted octanol–water partition coefficient (Wildman–Crippen LogP) is 3.92. The average Bonchev–Trinajstić information content (AvgIpc) is 3.40. The second-order valence-corrected chi connectivity index (χ2v) is 16.0. The number of rotatable bonds is 15. The number of amides is 1. The molecular weight excluding hydrogens is 1080 g/mol. The van der Waals surface area contributed by atoms with Crippen LogP contribution >= 0.6 is 15.9 Å². The van der Waals surface area contributed by atoms with Crippen LogP contribution in [0.3, 0.4) is 0 Å². The molecule has 1 aliphatic rings. The standard InChI is InChI=1S/C9H15NO3.C9H11NO3.C9H9NO3.2C8H9NO3.C5H4BrNO.C4H6O2/c3*1-13-9(12)6-5-7-3-2-4-8(11)10-7;2*10-7-3-1-2-6(9-7)4-5-8(11)12;6-4-2-1-3-5(8)7-4;1-3-4(5)6-2/h7H,2-6H2,1H3,(H,10,11);2-4H,5-6H2,1H3,(H,10,11);2-6H,1H3,(H,10,11);2*1-3H,4-5H2,(H,9,10)(H,11,12);1-3H,(H,7,8);3H,1H2,2H3/b;;6-5+;;;;. The van der Waals surface area contributed by atoms with E-state index < -0.39 is 23.9 Å². The van der Waals surface area contributed by atoms with Gasteiger partial charge >= 0.3 is 35.8 Å². The highest BCUT2D eigenvalue weighted by molar-refractivity contribution is 9.10. The van der Waals surface area contributed by atoms with Gasteiger partial charge in [0.05, 0.1) is 52.3 Å². The summed E-state index contributed by atoms with van der Waals surface area (Å²) >= 11 is 3.11. The number of ether oxygens (including phenoxy) is 4. The maximum absolute atomic E-state index is 11.0. The number of methoxy groups -OCH3 is 4. The monoisotopic (exact) mass is 1140 g/mol. The molecule has 6 rings (SSSR count). The molecular formula is C52H63BrN6O18. The molecule has 1 aliphatic heterocycles. The van der Waals surface area contributed by atoms with Gasteiger partial charge in [-0.1, -0.05) is 36.9 Å². The molecule has 5 aromatic rings. The summed E-state index contributed by atoms with van der Waals surface area (Å²) in [5, 5.41) is 19.6. The summed E-state index contributed by atoms with van der Waals surface area (Å²) in [5.41, 5.74) is 1.80. The molecule has 0 aliphatic carbocycles. The fraction of sp³-hybridized carbons (Fsp3) is 0.308. The molecule has 25 heteroatoms. The van der Waals surface area contributed by atoms with Crippen molar-refractivity contribution in [3.05, 3.63) is 189 Å². The van der Waals surface area contributed by atoms with Crippen molar-refractivity contribution in [2.75, 3.05) is 28.4 Å². The molecule has 8 N–H and O–H groups in total. The van der Waals surface area contributed by atoms with E-state index in [1.165, 1.54) is 70.9 Å². The number of aromatic amines is 5. The first-order chi connectivity index (χ1) is 36.6. The van der Waals surface area contributed by atoms with Crippen molar-refractivity contribution in [2.45, 2.75) is 76.7 Å². The number of hydrogen-bond acceptors (Lipinski definition) is 16. The van der Waals surface area contributed by atoms with Crippen molar-refractivity contribution in [1.29, 1.82) is 0 Å². The van der Waals surface area contributed by atoms with Gasteiger partial charge in [-0.3, -0.25) is 47.9 Å². The fourth-order valence-corrected chi connectivity index (χ4v) is 5.87. The van der Waals surface area contributed by atoms with E-state index in [0.717, 1.165) is 24.6 Å². The van der Waals surface area contributed by atoms with Crippen LogP contribution in [0.15, 0.2) is 138 Å². The van der Waals surface area contributed by atoms with Gasteiger partial charge in [0.1, 0.15) is 0 Å². The minimum atomic E-state index is -0.861. The van der Waals surface area contributed by atoms with Gasteiger partial charge in [0, 0.05) is 84.1 Å². The number of nitrogens with one attached hydrogen (secondary N) is 6. The number of carboxylic acid groups (broad SMARTS) is 2. The van der Waals surface area contributed by atoms with Crippen molar-refractivity contribution in [3.63, 3.8) is 0 Å². The molecule has 6 heterocycles. The van der Waals surface area contributed by atoms with Gasteiger partial charge in [0.15, 0.2) is 0 Å². The van der Waals surface area contributed by atoms with Crippen molar-refractivity contribution < 1.29 is 62.7 Å². The number of carboxylic acids is 2. The van der Waals surface area contributed by atoms with Gasteiger partial charge in [-0.2, -0.15) is 0 Å². The zero-order valence-corrected chi connectivity index (χ0v) is 44.3. The van der Waals surface area contributed by atoms with E-state index in [2.05, 4.69) is 71.7 Å². The van der Waals surface area contributed by atoms with Crippen molar-refractivity contribution in [2.24, 2.45) is 0 Å². The maximum atomic E-state index is 11.0. The van der Waals surface area contributed by atoms with E-state index in [9.17, 15) is 57.5 Å². The van der Waals surface area contributed by atoms with E-state index in [1.807, 2.05) is 0 Å². The Morgan fingerprint density at radius 1 is 0.558 bits per heavy atom. The number of esters is 4. The number of pyridine rings is 5. The first kappa shape index (κ1) is 68.0. The molecule has 24 nitrogen and oxygen atoms in total. The summed E-state index contributed by atoms with van der Waals surface area (Å²) in [7, 11) is 5.32. The molecule has 1 amide bonds. The number of aromatic nitrogens is 5. The van der Waals surface area contributed by atoms with Gasteiger partial charge in [-0.25, -0.2) is 9.59 Å². The Labute approximate surface area is 449 Å². The zero-order chi connectivity index (χ0) is 58.0. The third kappa shape index (κ3) is 38.3. The Morgan fingerprint density at radius 3 is 1.32 bits per heavy atom. The Balaban J connectivity index is 0.000000885. The van der Waals surface area contributed by atoms with Gasteiger partial charge in [0.2, 0.25) is 33.7 Å². The fourth-order valence-electron chi connectivity index (χ4n) is 5.52. The predicted molar refractivity (Wildman–Crippen MR) is 286 cm³/mol. The van der Waals surface area contributed by atoms with Crippen LogP contribution in [0.1, 0.15) is 74.1 Å². The van der Waals surface area contributed by atoms with Gasteiger partial charge < -0.3 is 59.4 Å². The largest absolute Gasteiger partial charge is 0.481 e. The first-order valence-corrected chi connectivity index (χ1v) is 23.8. The SMILES string of the molecule is C=CC(=O)OC.COC(=O)/C=C/c1cccc(=O)[nH]1.COC(=O)CCC1CCCC(=O)N1.COC(=O)CCc1cccc(=O)[nH]1.O=C(O)CCc1cccc(=O)[nH]1.O=C(O)CCc1cccc(=O)[nH]1.O=c1cccc(Br)[nH]1. The lowest BCUT2D eigenvalue weighted by Crippen LogP contribution is -2.38. The Hall–Kier alpha value is -9.00. The highest BCUT2D eigenvalue weighted by Gasteiger charge is 2.18. The molecule has 1 atom stereocenters. The number of halogens is 1. The molecule has 0 radical (unpaired) electrons.